The third-order valence-corrected chi connectivity index (χ3v) is 3.57. The number of oxazole rings is 1. The number of hydrogen-bond acceptors (Lipinski definition) is 3. The van der Waals surface area contributed by atoms with Crippen LogP contribution in [0.15, 0.2) is 16.5 Å². The number of rotatable bonds is 1. The van der Waals surface area contributed by atoms with Crippen molar-refractivity contribution >= 4 is 16.8 Å². The highest BCUT2D eigenvalue weighted by Crippen LogP contribution is 2.38. The van der Waals surface area contributed by atoms with Crippen LogP contribution in [0, 0.1) is 0 Å². The highest BCUT2D eigenvalue weighted by atomic mass is 19.4. The Hall–Kier alpha value is -1.72. The van der Waals surface area contributed by atoms with Gasteiger partial charge in [-0.1, -0.05) is 12.8 Å². The lowest BCUT2D eigenvalue weighted by Gasteiger charge is -2.06. The zero-order chi connectivity index (χ0) is 13.6. The van der Waals surface area contributed by atoms with Crippen molar-refractivity contribution in [1.82, 2.24) is 4.98 Å². The van der Waals surface area contributed by atoms with Crippen LogP contribution in [0.25, 0.3) is 11.1 Å². The Kier molecular flexibility index (Phi) is 2.69. The lowest BCUT2D eigenvalue weighted by molar-refractivity contribution is -0.137. The second-order valence-corrected chi connectivity index (χ2v) is 4.94. The van der Waals surface area contributed by atoms with Gasteiger partial charge in [0.2, 0.25) is 0 Å². The minimum Gasteiger partial charge on any atom is -0.438 e. The molecule has 1 aliphatic rings. The van der Waals surface area contributed by atoms with E-state index in [4.69, 9.17) is 10.2 Å². The summed E-state index contributed by atoms with van der Waals surface area (Å²) in [5.41, 5.74) is 5.28. The van der Waals surface area contributed by atoms with E-state index in [1.54, 1.807) is 0 Å². The first-order valence-corrected chi connectivity index (χ1v) is 6.22. The Morgan fingerprint density at radius 1 is 1.21 bits per heavy atom. The molecule has 3 rings (SSSR count). The molecule has 0 saturated heterocycles. The summed E-state index contributed by atoms with van der Waals surface area (Å²) in [5, 5.41) is 0. The van der Waals surface area contributed by atoms with E-state index in [2.05, 4.69) is 4.98 Å². The minimum absolute atomic E-state index is 0.0124. The van der Waals surface area contributed by atoms with E-state index in [9.17, 15) is 13.2 Å². The van der Waals surface area contributed by atoms with Crippen LogP contribution in [0.3, 0.4) is 0 Å². The maximum atomic E-state index is 12.7. The molecule has 1 fully saturated rings. The highest BCUT2D eigenvalue weighted by molar-refractivity contribution is 5.86. The number of nitrogens with zero attached hydrogens (tertiary/aromatic N) is 1. The molecule has 1 aliphatic carbocycles. The third-order valence-electron chi connectivity index (χ3n) is 3.57. The first kappa shape index (κ1) is 12.3. The maximum absolute atomic E-state index is 12.7. The van der Waals surface area contributed by atoms with Crippen LogP contribution in [-0.4, -0.2) is 4.98 Å². The fourth-order valence-corrected chi connectivity index (χ4v) is 2.59. The molecule has 19 heavy (non-hydrogen) atoms. The molecule has 1 saturated carbocycles. The van der Waals surface area contributed by atoms with Crippen molar-refractivity contribution in [2.45, 2.75) is 37.8 Å². The monoisotopic (exact) mass is 270 g/mol. The van der Waals surface area contributed by atoms with Gasteiger partial charge in [0, 0.05) is 5.92 Å². The topological polar surface area (TPSA) is 52.0 Å². The predicted octanol–water partition coefficient (Wildman–Crippen LogP) is 4.09. The molecule has 0 radical (unpaired) electrons. The van der Waals surface area contributed by atoms with Gasteiger partial charge in [-0.15, -0.1) is 0 Å². The van der Waals surface area contributed by atoms with E-state index < -0.39 is 11.7 Å². The van der Waals surface area contributed by atoms with Crippen molar-refractivity contribution in [2.24, 2.45) is 0 Å². The number of halogens is 3. The lowest BCUT2D eigenvalue weighted by Crippen LogP contribution is -2.05. The molecule has 1 aromatic carbocycles. The second-order valence-electron chi connectivity index (χ2n) is 4.94. The number of benzene rings is 1. The van der Waals surface area contributed by atoms with Gasteiger partial charge in [-0.3, -0.25) is 0 Å². The number of anilines is 1. The van der Waals surface area contributed by atoms with Crippen molar-refractivity contribution in [3.05, 3.63) is 23.6 Å². The maximum Gasteiger partial charge on any atom is 0.416 e. The van der Waals surface area contributed by atoms with E-state index in [1.807, 2.05) is 0 Å². The number of nitrogens with two attached hydrogens (primary N) is 1. The summed E-state index contributed by atoms with van der Waals surface area (Å²) in [5.74, 6) is 0.722. The van der Waals surface area contributed by atoms with Crippen molar-refractivity contribution < 1.29 is 17.6 Å². The second kappa shape index (κ2) is 4.15. The van der Waals surface area contributed by atoms with Gasteiger partial charge in [0.1, 0.15) is 5.52 Å². The first-order valence-electron chi connectivity index (χ1n) is 6.22. The van der Waals surface area contributed by atoms with E-state index in [0.717, 1.165) is 37.8 Å². The molecular weight excluding hydrogens is 257 g/mol. The summed E-state index contributed by atoms with van der Waals surface area (Å²) in [6.07, 6.45) is -0.272. The van der Waals surface area contributed by atoms with E-state index >= 15 is 0 Å². The van der Waals surface area contributed by atoms with Crippen molar-refractivity contribution in [3.63, 3.8) is 0 Å². The van der Waals surface area contributed by atoms with Crippen LogP contribution < -0.4 is 5.73 Å². The van der Waals surface area contributed by atoms with Gasteiger partial charge < -0.3 is 10.2 Å². The predicted molar refractivity (Wildman–Crippen MR) is 64.6 cm³/mol. The van der Waals surface area contributed by atoms with Crippen LogP contribution >= 0.6 is 0 Å². The fraction of sp³-hybridized carbons (Fsp3) is 0.462. The van der Waals surface area contributed by atoms with Gasteiger partial charge in [-0.2, -0.15) is 13.2 Å². The molecule has 2 N–H and O–H groups in total. The lowest BCUT2D eigenvalue weighted by atomic mass is 10.1. The minimum atomic E-state index is -4.42. The van der Waals surface area contributed by atoms with Gasteiger partial charge in [-0.25, -0.2) is 4.98 Å². The molecule has 102 valence electrons. The first-order chi connectivity index (χ1) is 8.95. The smallest absolute Gasteiger partial charge is 0.416 e. The largest absolute Gasteiger partial charge is 0.438 e. The summed E-state index contributed by atoms with van der Waals surface area (Å²) in [6.45, 7) is 0. The number of hydrogen-bond donors (Lipinski definition) is 1. The normalized spacial score (nSPS) is 17.4. The molecule has 0 spiro atoms. The summed E-state index contributed by atoms with van der Waals surface area (Å²) in [4.78, 5) is 4.18. The van der Waals surface area contributed by atoms with Crippen molar-refractivity contribution in [1.29, 1.82) is 0 Å². The van der Waals surface area contributed by atoms with Gasteiger partial charge in [-0.05, 0) is 25.0 Å². The van der Waals surface area contributed by atoms with E-state index in [1.165, 1.54) is 0 Å². The van der Waals surface area contributed by atoms with Gasteiger partial charge in [0.15, 0.2) is 11.5 Å². The quantitative estimate of drug-likeness (QED) is 0.794. The Balaban J connectivity index is 2.09. The summed E-state index contributed by atoms with van der Waals surface area (Å²) >= 11 is 0. The molecule has 3 nitrogen and oxygen atoms in total. The molecule has 2 aromatic rings. The standard InChI is InChI=1S/C13H13F3N2O/c14-13(15,16)8-5-9(17)11-10(6-8)18-12(19-11)7-3-1-2-4-7/h5-7H,1-4,17H2. The molecule has 1 heterocycles. The summed E-state index contributed by atoms with van der Waals surface area (Å²) in [7, 11) is 0. The number of alkyl halides is 3. The van der Waals surface area contributed by atoms with Crippen LogP contribution in [-0.2, 0) is 6.18 Å². The molecule has 0 unspecified atom stereocenters. The Labute approximate surface area is 107 Å². The average Bonchev–Trinajstić information content (AvgIpc) is 2.95. The molecular formula is C13H13F3N2O. The zero-order valence-electron chi connectivity index (χ0n) is 10.1. The van der Waals surface area contributed by atoms with E-state index in [-0.39, 0.29) is 22.7 Å². The SMILES string of the molecule is Nc1cc(C(F)(F)F)cc2nc(C3CCCC3)oc12. The van der Waals surface area contributed by atoms with Gasteiger partial charge in [0.25, 0.3) is 0 Å². The summed E-state index contributed by atoms with van der Waals surface area (Å²) < 4.78 is 43.6. The van der Waals surface area contributed by atoms with Crippen LogP contribution in [0.1, 0.15) is 43.1 Å². The highest BCUT2D eigenvalue weighted by Gasteiger charge is 2.32. The fourth-order valence-electron chi connectivity index (χ4n) is 2.59. The zero-order valence-corrected chi connectivity index (χ0v) is 10.1. The molecule has 6 heteroatoms. The number of nitrogen functional groups attached to an aromatic ring is 1. The molecule has 0 aliphatic heterocycles. The Bertz CT molecular complexity index is 612. The average molecular weight is 270 g/mol. The summed E-state index contributed by atoms with van der Waals surface area (Å²) in [6, 6.07) is 1.89. The van der Waals surface area contributed by atoms with Crippen molar-refractivity contribution in [2.75, 3.05) is 5.73 Å². The van der Waals surface area contributed by atoms with Gasteiger partial charge >= 0.3 is 6.18 Å². The van der Waals surface area contributed by atoms with Gasteiger partial charge in [0.05, 0.1) is 11.3 Å². The van der Waals surface area contributed by atoms with Crippen LogP contribution in [0.4, 0.5) is 18.9 Å². The van der Waals surface area contributed by atoms with Crippen LogP contribution in [0.2, 0.25) is 0 Å². The Morgan fingerprint density at radius 3 is 2.53 bits per heavy atom. The number of fused-ring (bicyclic) bond motifs is 1. The third kappa shape index (κ3) is 2.15. The number of aromatic nitrogens is 1. The van der Waals surface area contributed by atoms with Crippen molar-refractivity contribution in [3.8, 4) is 0 Å². The molecule has 0 amide bonds. The Morgan fingerprint density at radius 2 is 1.89 bits per heavy atom. The molecule has 0 atom stereocenters. The van der Waals surface area contributed by atoms with E-state index in [0.29, 0.717) is 5.89 Å². The molecule has 0 bridgehead atoms. The molecule has 1 aromatic heterocycles. The van der Waals surface area contributed by atoms with Crippen LogP contribution in [0.5, 0.6) is 0 Å².